The van der Waals surface area contributed by atoms with Crippen LogP contribution in [0.5, 0.6) is 11.5 Å². The summed E-state index contributed by atoms with van der Waals surface area (Å²) in [5.74, 6) is 2.08. The van der Waals surface area contributed by atoms with Crippen LogP contribution in [0, 0.1) is 10.1 Å². The monoisotopic (exact) mass is 390 g/mol. The summed E-state index contributed by atoms with van der Waals surface area (Å²) < 4.78 is 10.5. The number of thioether (sulfide) groups is 1. The number of hydrogen-bond acceptors (Lipinski definition) is 6. The van der Waals surface area contributed by atoms with Crippen LogP contribution in [0.4, 0.5) is 5.69 Å². The summed E-state index contributed by atoms with van der Waals surface area (Å²) in [7, 11) is 3.14. The largest absolute Gasteiger partial charge is 0.493 e. The number of hydrogen-bond donors (Lipinski definition) is 1. The average molecular weight is 390 g/mol. The van der Waals surface area contributed by atoms with E-state index in [1.54, 1.807) is 32.4 Å². The number of nitro groups is 1. The molecule has 0 aliphatic carbocycles. The zero-order chi connectivity index (χ0) is 19.8. The van der Waals surface area contributed by atoms with Gasteiger partial charge >= 0.3 is 0 Å². The van der Waals surface area contributed by atoms with Crippen LogP contribution in [-0.4, -0.2) is 30.8 Å². The van der Waals surface area contributed by atoms with Crippen molar-refractivity contribution in [2.24, 2.45) is 0 Å². The van der Waals surface area contributed by atoms with E-state index >= 15 is 0 Å². The highest BCUT2D eigenvalue weighted by atomic mass is 32.2. The van der Waals surface area contributed by atoms with Crippen molar-refractivity contribution in [2.45, 2.75) is 18.7 Å². The molecule has 0 heterocycles. The Balaban J connectivity index is 1.83. The number of carbonyl (C=O) groups excluding carboxylic acids is 1. The first-order chi connectivity index (χ1) is 12.9. The molecule has 0 fully saturated rings. The highest BCUT2D eigenvalue weighted by molar-refractivity contribution is 7.99. The van der Waals surface area contributed by atoms with Gasteiger partial charge in [-0.1, -0.05) is 18.2 Å². The van der Waals surface area contributed by atoms with Gasteiger partial charge in [-0.15, -0.1) is 11.8 Å². The number of carbonyl (C=O) groups is 1. The van der Waals surface area contributed by atoms with E-state index in [1.165, 1.54) is 23.9 Å². The predicted molar refractivity (Wildman–Crippen MR) is 105 cm³/mol. The first kappa shape index (κ1) is 20.6. The van der Waals surface area contributed by atoms with Crippen LogP contribution >= 0.6 is 11.8 Å². The lowest BCUT2D eigenvalue weighted by Crippen LogP contribution is -2.28. The lowest BCUT2D eigenvalue weighted by atomic mass is 10.1. The fourth-order valence-electron chi connectivity index (χ4n) is 2.46. The van der Waals surface area contributed by atoms with Gasteiger partial charge in [-0.2, -0.15) is 0 Å². The molecule has 2 aromatic rings. The number of nitro benzene ring substituents is 1. The van der Waals surface area contributed by atoms with Gasteiger partial charge in [0.2, 0.25) is 5.91 Å². The van der Waals surface area contributed by atoms with Gasteiger partial charge in [0, 0.05) is 17.9 Å². The van der Waals surface area contributed by atoms with Crippen molar-refractivity contribution in [2.75, 3.05) is 20.0 Å². The molecule has 0 radical (unpaired) electrons. The molecule has 144 valence electrons. The molecular formula is C19H22N2O5S. The van der Waals surface area contributed by atoms with Crippen molar-refractivity contribution in [1.82, 2.24) is 5.32 Å². The van der Waals surface area contributed by atoms with Gasteiger partial charge in [-0.3, -0.25) is 14.9 Å². The molecule has 0 aliphatic heterocycles. The Morgan fingerprint density at radius 2 is 1.81 bits per heavy atom. The third kappa shape index (κ3) is 5.89. The van der Waals surface area contributed by atoms with Crippen molar-refractivity contribution in [3.63, 3.8) is 0 Å². The van der Waals surface area contributed by atoms with Gasteiger partial charge in [0.15, 0.2) is 11.5 Å². The van der Waals surface area contributed by atoms with E-state index < -0.39 is 4.92 Å². The van der Waals surface area contributed by atoms with E-state index in [2.05, 4.69) is 5.32 Å². The second-order valence-electron chi connectivity index (χ2n) is 5.82. The smallest absolute Gasteiger partial charge is 0.269 e. The number of non-ortho nitro benzene ring substituents is 1. The second-order valence-corrected chi connectivity index (χ2v) is 6.81. The summed E-state index contributed by atoms with van der Waals surface area (Å²) in [6.07, 6.45) is 0. The molecule has 1 N–H and O–H groups in total. The molecule has 2 rings (SSSR count). The van der Waals surface area contributed by atoms with Crippen LogP contribution in [0.3, 0.4) is 0 Å². The molecule has 8 heteroatoms. The predicted octanol–water partition coefficient (Wildman–Crippen LogP) is 3.72. The van der Waals surface area contributed by atoms with Gasteiger partial charge in [0.05, 0.1) is 30.9 Å². The molecule has 1 unspecified atom stereocenters. The van der Waals surface area contributed by atoms with Gasteiger partial charge in [0.25, 0.3) is 5.69 Å². The summed E-state index contributed by atoms with van der Waals surface area (Å²) in [6.45, 7) is 1.90. The summed E-state index contributed by atoms with van der Waals surface area (Å²) in [5.41, 5.74) is 1.91. The van der Waals surface area contributed by atoms with E-state index in [0.717, 1.165) is 11.1 Å². The zero-order valence-electron chi connectivity index (χ0n) is 15.4. The van der Waals surface area contributed by atoms with Gasteiger partial charge in [-0.25, -0.2) is 0 Å². The minimum absolute atomic E-state index is 0.0604. The summed E-state index contributed by atoms with van der Waals surface area (Å²) in [6, 6.07) is 11.7. The lowest BCUT2D eigenvalue weighted by Gasteiger charge is -2.16. The third-order valence-electron chi connectivity index (χ3n) is 3.93. The minimum atomic E-state index is -0.431. The molecule has 1 amide bonds. The zero-order valence-corrected chi connectivity index (χ0v) is 16.2. The number of rotatable bonds is 9. The summed E-state index contributed by atoms with van der Waals surface area (Å²) in [4.78, 5) is 22.4. The first-order valence-electron chi connectivity index (χ1n) is 8.27. The lowest BCUT2D eigenvalue weighted by molar-refractivity contribution is -0.384. The Labute approximate surface area is 162 Å². The topological polar surface area (TPSA) is 90.7 Å². The SMILES string of the molecule is COc1ccc(C(C)NC(=O)CSCc2ccc([N+](=O)[O-])cc2)cc1OC. The molecular weight excluding hydrogens is 368 g/mol. The van der Waals surface area contributed by atoms with E-state index in [1.807, 2.05) is 19.1 Å². The molecule has 7 nitrogen and oxygen atoms in total. The first-order valence-corrected chi connectivity index (χ1v) is 9.42. The van der Waals surface area contributed by atoms with Crippen LogP contribution in [0.2, 0.25) is 0 Å². The second kappa shape index (κ2) is 9.82. The van der Waals surface area contributed by atoms with Crippen molar-refractivity contribution < 1.29 is 19.2 Å². The van der Waals surface area contributed by atoms with Crippen LogP contribution in [0.15, 0.2) is 42.5 Å². The van der Waals surface area contributed by atoms with Crippen molar-refractivity contribution in [3.8, 4) is 11.5 Å². The Kier molecular flexibility index (Phi) is 7.48. The van der Waals surface area contributed by atoms with Crippen molar-refractivity contribution >= 4 is 23.4 Å². The van der Waals surface area contributed by atoms with E-state index in [9.17, 15) is 14.9 Å². The molecule has 2 aromatic carbocycles. The van der Waals surface area contributed by atoms with Gasteiger partial charge in [-0.05, 0) is 30.2 Å². The molecule has 27 heavy (non-hydrogen) atoms. The number of amides is 1. The Bertz CT molecular complexity index is 795. The molecule has 0 saturated heterocycles. The highest BCUT2D eigenvalue weighted by Crippen LogP contribution is 2.29. The fourth-order valence-corrected chi connectivity index (χ4v) is 3.26. The fraction of sp³-hybridized carbons (Fsp3) is 0.316. The maximum Gasteiger partial charge on any atom is 0.269 e. The highest BCUT2D eigenvalue weighted by Gasteiger charge is 2.13. The van der Waals surface area contributed by atoms with Gasteiger partial charge < -0.3 is 14.8 Å². The third-order valence-corrected chi connectivity index (χ3v) is 4.94. The summed E-state index contributed by atoms with van der Waals surface area (Å²) >= 11 is 1.45. The normalized spacial score (nSPS) is 11.5. The number of benzene rings is 2. The number of ether oxygens (including phenoxy) is 2. The summed E-state index contributed by atoms with van der Waals surface area (Å²) in [5, 5.41) is 13.6. The molecule has 0 aromatic heterocycles. The molecule has 0 saturated carbocycles. The minimum Gasteiger partial charge on any atom is -0.493 e. The van der Waals surface area contributed by atoms with Gasteiger partial charge in [0.1, 0.15) is 0 Å². The van der Waals surface area contributed by atoms with E-state index in [-0.39, 0.29) is 17.6 Å². The maximum absolute atomic E-state index is 12.2. The standard InChI is InChI=1S/C19H22N2O5S/c1-13(15-6-9-17(25-2)18(10-15)26-3)20-19(22)12-27-11-14-4-7-16(8-5-14)21(23)24/h4-10,13H,11-12H2,1-3H3,(H,20,22). The van der Waals surface area contributed by atoms with Crippen molar-refractivity contribution in [3.05, 3.63) is 63.7 Å². The van der Waals surface area contributed by atoms with Crippen molar-refractivity contribution in [1.29, 1.82) is 0 Å². The molecule has 0 spiro atoms. The van der Waals surface area contributed by atoms with Crippen LogP contribution in [0.25, 0.3) is 0 Å². The Hall–Kier alpha value is -2.74. The number of nitrogens with zero attached hydrogens (tertiary/aromatic N) is 1. The van der Waals surface area contributed by atoms with Crippen LogP contribution in [0.1, 0.15) is 24.1 Å². The van der Waals surface area contributed by atoms with Crippen LogP contribution in [-0.2, 0) is 10.5 Å². The number of methoxy groups -OCH3 is 2. The molecule has 0 bridgehead atoms. The van der Waals surface area contributed by atoms with E-state index in [0.29, 0.717) is 23.0 Å². The number of nitrogens with one attached hydrogen (secondary N) is 1. The average Bonchev–Trinajstić information content (AvgIpc) is 2.67. The van der Waals surface area contributed by atoms with Crippen LogP contribution < -0.4 is 14.8 Å². The Morgan fingerprint density at radius 1 is 1.15 bits per heavy atom. The Morgan fingerprint density at radius 3 is 2.41 bits per heavy atom. The molecule has 1 atom stereocenters. The molecule has 0 aliphatic rings. The van der Waals surface area contributed by atoms with E-state index in [4.69, 9.17) is 9.47 Å². The quantitative estimate of drug-likeness (QED) is 0.518. The maximum atomic E-state index is 12.2.